The molecule has 0 aliphatic heterocycles. The van der Waals surface area contributed by atoms with Crippen molar-refractivity contribution in [3.05, 3.63) is 65.2 Å². The van der Waals surface area contributed by atoms with Crippen molar-refractivity contribution in [3.63, 3.8) is 0 Å². The van der Waals surface area contributed by atoms with Gasteiger partial charge in [-0.05, 0) is 42.0 Å². The van der Waals surface area contributed by atoms with Gasteiger partial charge in [-0.25, -0.2) is 5.84 Å². The average Bonchev–Trinajstić information content (AvgIpc) is 2.48. The lowest BCUT2D eigenvalue weighted by Crippen LogP contribution is -2.29. The van der Waals surface area contributed by atoms with Gasteiger partial charge in [-0.2, -0.15) is 10.5 Å². The molecule has 2 aromatic carbocycles. The summed E-state index contributed by atoms with van der Waals surface area (Å²) < 4.78 is 0. The van der Waals surface area contributed by atoms with E-state index in [0.717, 1.165) is 11.3 Å². The number of hydrogen-bond donors (Lipinski definition) is 1. The summed E-state index contributed by atoms with van der Waals surface area (Å²) in [6.45, 7) is 0.539. The summed E-state index contributed by atoms with van der Waals surface area (Å²) >= 11 is 0. The molecule has 0 saturated heterocycles. The van der Waals surface area contributed by atoms with Crippen LogP contribution in [0.2, 0.25) is 0 Å². The smallest absolute Gasteiger partial charge is 0.0991 e. The normalized spacial score (nSPS) is 9.42. The van der Waals surface area contributed by atoms with Crippen molar-refractivity contribution in [1.82, 2.24) is 0 Å². The van der Waals surface area contributed by atoms with Gasteiger partial charge in [0.1, 0.15) is 0 Å². The molecule has 0 radical (unpaired) electrons. The highest BCUT2D eigenvalue weighted by Gasteiger charge is 2.03. The highest BCUT2D eigenvalue weighted by molar-refractivity contribution is 5.49. The Bertz CT molecular complexity index is 630. The van der Waals surface area contributed by atoms with E-state index in [9.17, 15) is 0 Å². The number of nitriles is 2. The maximum absolute atomic E-state index is 8.73. The lowest BCUT2D eigenvalue weighted by Gasteiger charge is -2.18. The summed E-state index contributed by atoms with van der Waals surface area (Å²) in [5, 5.41) is 19.1. The molecule has 4 heteroatoms. The number of hydrogen-bond acceptors (Lipinski definition) is 4. The Morgan fingerprint density at radius 3 is 1.79 bits per heavy atom. The minimum atomic E-state index is 0.539. The molecule has 0 aromatic heterocycles. The van der Waals surface area contributed by atoms with Gasteiger partial charge in [0.05, 0.1) is 35.5 Å². The van der Waals surface area contributed by atoms with E-state index in [-0.39, 0.29) is 0 Å². The van der Waals surface area contributed by atoms with Gasteiger partial charge in [-0.1, -0.05) is 12.1 Å². The third kappa shape index (κ3) is 3.10. The van der Waals surface area contributed by atoms with Crippen LogP contribution in [0.25, 0.3) is 0 Å². The molecular weight excluding hydrogens is 236 g/mol. The van der Waals surface area contributed by atoms with E-state index in [0.29, 0.717) is 17.7 Å². The van der Waals surface area contributed by atoms with Gasteiger partial charge in [0.2, 0.25) is 0 Å². The Hall–Kier alpha value is -2.82. The third-order valence-electron chi connectivity index (χ3n) is 2.76. The molecule has 2 N–H and O–H groups in total. The fourth-order valence-electron chi connectivity index (χ4n) is 1.70. The van der Waals surface area contributed by atoms with Crippen LogP contribution in [0.3, 0.4) is 0 Å². The quantitative estimate of drug-likeness (QED) is 0.668. The first-order chi connectivity index (χ1) is 9.22. The van der Waals surface area contributed by atoms with Crippen molar-refractivity contribution < 1.29 is 0 Å². The van der Waals surface area contributed by atoms with Crippen molar-refractivity contribution in [2.24, 2.45) is 5.84 Å². The van der Waals surface area contributed by atoms with Crippen molar-refractivity contribution in [1.29, 1.82) is 10.5 Å². The van der Waals surface area contributed by atoms with Crippen LogP contribution in [-0.4, -0.2) is 0 Å². The molecule has 2 rings (SSSR count). The van der Waals surface area contributed by atoms with Gasteiger partial charge in [-0.15, -0.1) is 0 Å². The molecule has 2 aromatic rings. The number of nitrogens with two attached hydrogens (primary N) is 1. The zero-order valence-electron chi connectivity index (χ0n) is 10.2. The standard InChI is InChI=1S/C15H12N4/c16-9-12-1-3-14(4-2-12)11-19(18)15-7-5-13(10-17)6-8-15/h1-8H,11,18H2. The molecule has 0 bridgehead atoms. The van der Waals surface area contributed by atoms with Crippen molar-refractivity contribution in [3.8, 4) is 12.1 Å². The summed E-state index contributed by atoms with van der Waals surface area (Å²) in [5.41, 5.74) is 3.09. The van der Waals surface area contributed by atoms with E-state index in [4.69, 9.17) is 16.4 Å². The number of benzene rings is 2. The molecule has 0 atom stereocenters. The van der Waals surface area contributed by atoms with Gasteiger partial charge in [0.25, 0.3) is 0 Å². The Kier molecular flexibility index (Phi) is 3.78. The van der Waals surface area contributed by atoms with Crippen molar-refractivity contribution in [2.75, 3.05) is 5.01 Å². The first-order valence-electron chi connectivity index (χ1n) is 5.74. The molecule has 0 saturated carbocycles. The van der Waals surface area contributed by atoms with Crippen LogP contribution in [0.1, 0.15) is 16.7 Å². The summed E-state index contributed by atoms with van der Waals surface area (Å²) in [5.74, 6) is 5.97. The van der Waals surface area contributed by atoms with E-state index in [1.807, 2.05) is 24.3 Å². The molecule has 0 spiro atoms. The van der Waals surface area contributed by atoms with Gasteiger partial charge >= 0.3 is 0 Å². The Morgan fingerprint density at radius 1 is 0.842 bits per heavy atom. The highest BCUT2D eigenvalue weighted by Crippen LogP contribution is 2.15. The molecule has 0 fully saturated rings. The van der Waals surface area contributed by atoms with Crippen LogP contribution in [0, 0.1) is 22.7 Å². The summed E-state index contributed by atoms with van der Waals surface area (Å²) in [6.07, 6.45) is 0. The molecule has 0 unspecified atom stereocenters. The summed E-state index contributed by atoms with van der Waals surface area (Å²) in [7, 11) is 0. The predicted octanol–water partition coefficient (Wildman–Crippen LogP) is 2.31. The van der Waals surface area contributed by atoms with Crippen LogP contribution >= 0.6 is 0 Å². The first-order valence-corrected chi connectivity index (χ1v) is 5.74. The first kappa shape index (κ1) is 12.6. The van der Waals surface area contributed by atoms with Gasteiger partial charge < -0.3 is 5.01 Å². The van der Waals surface area contributed by atoms with E-state index >= 15 is 0 Å². The van der Waals surface area contributed by atoms with Crippen LogP contribution in [0.15, 0.2) is 48.5 Å². The van der Waals surface area contributed by atoms with E-state index in [1.165, 1.54) is 0 Å². The molecule has 19 heavy (non-hydrogen) atoms. The molecule has 4 nitrogen and oxygen atoms in total. The average molecular weight is 248 g/mol. The fourth-order valence-corrected chi connectivity index (χ4v) is 1.70. The maximum atomic E-state index is 8.73. The second kappa shape index (κ2) is 5.68. The third-order valence-corrected chi connectivity index (χ3v) is 2.76. The van der Waals surface area contributed by atoms with Gasteiger partial charge in [-0.3, -0.25) is 0 Å². The molecule has 0 aliphatic rings. The summed E-state index contributed by atoms with van der Waals surface area (Å²) in [6, 6.07) is 18.5. The topological polar surface area (TPSA) is 76.8 Å². The van der Waals surface area contributed by atoms with Crippen LogP contribution in [0.5, 0.6) is 0 Å². The van der Waals surface area contributed by atoms with E-state index < -0.39 is 0 Å². The van der Waals surface area contributed by atoms with Crippen LogP contribution in [0.4, 0.5) is 5.69 Å². The summed E-state index contributed by atoms with van der Waals surface area (Å²) in [4.78, 5) is 0. The fraction of sp³-hybridized carbons (Fsp3) is 0.0667. The lowest BCUT2D eigenvalue weighted by atomic mass is 10.1. The van der Waals surface area contributed by atoms with E-state index in [1.54, 1.807) is 29.3 Å². The van der Waals surface area contributed by atoms with Crippen LogP contribution < -0.4 is 10.9 Å². The predicted molar refractivity (Wildman–Crippen MR) is 72.7 cm³/mol. The SMILES string of the molecule is N#Cc1ccc(CN(N)c2ccc(C#N)cc2)cc1. The minimum Gasteiger partial charge on any atom is -0.307 e. The van der Waals surface area contributed by atoms with E-state index in [2.05, 4.69) is 12.1 Å². The largest absolute Gasteiger partial charge is 0.307 e. The van der Waals surface area contributed by atoms with Crippen molar-refractivity contribution in [2.45, 2.75) is 6.54 Å². The lowest BCUT2D eigenvalue weighted by molar-refractivity contribution is 0.853. The zero-order valence-corrected chi connectivity index (χ0v) is 10.2. The molecular formula is C15H12N4. The Balaban J connectivity index is 2.09. The number of hydrazine groups is 1. The van der Waals surface area contributed by atoms with Crippen LogP contribution in [-0.2, 0) is 6.54 Å². The molecule has 92 valence electrons. The zero-order chi connectivity index (χ0) is 13.7. The monoisotopic (exact) mass is 248 g/mol. The molecule has 0 amide bonds. The van der Waals surface area contributed by atoms with Gasteiger partial charge in [0, 0.05) is 0 Å². The van der Waals surface area contributed by atoms with Crippen molar-refractivity contribution >= 4 is 5.69 Å². The second-order valence-corrected chi connectivity index (χ2v) is 4.10. The molecule has 0 aliphatic carbocycles. The Morgan fingerprint density at radius 2 is 1.32 bits per heavy atom. The number of anilines is 1. The Labute approximate surface area is 111 Å². The number of nitrogens with zero attached hydrogens (tertiary/aromatic N) is 3. The minimum absolute atomic E-state index is 0.539. The highest BCUT2D eigenvalue weighted by atomic mass is 15.4. The second-order valence-electron chi connectivity index (χ2n) is 4.10. The maximum Gasteiger partial charge on any atom is 0.0991 e. The van der Waals surface area contributed by atoms with Gasteiger partial charge in [0.15, 0.2) is 0 Å². The number of rotatable bonds is 3. The molecule has 0 heterocycles.